The molecule has 2 atom stereocenters. The average Bonchev–Trinajstić information content (AvgIpc) is 3.05. The summed E-state index contributed by atoms with van der Waals surface area (Å²) in [4.78, 5) is 6.56. The van der Waals surface area contributed by atoms with Gasteiger partial charge in [0.2, 0.25) is 0 Å². The molecule has 0 bridgehead atoms. The molecular formula is C14H16N2O3S. The molecule has 1 saturated carbocycles. The van der Waals surface area contributed by atoms with Crippen LogP contribution < -0.4 is 4.90 Å². The fourth-order valence-electron chi connectivity index (χ4n) is 3.45. The fourth-order valence-corrected chi connectivity index (χ4v) is 5.49. The van der Waals surface area contributed by atoms with E-state index in [1.807, 2.05) is 24.3 Å². The van der Waals surface area contributed by atoms with Crippen molar-refractivity contribution < 1.29 is 12.8 Å². The highest BCUT2D eigenvalue weighted by atomic mass is 32.2. The maximum atomic E-state index is 12.1. The molecular weight excluding hydrogens is 276 g/mol. The molecule has 2 aromatic rings. The molecule has 2 heterocycles. The Morgan fingerprint density at radius 1 is 1.25 bits per heavy atom. The Hall–Kier alpha value is -1.56. The lowest BCUT2D eigenvalue weighted by atomic mass is 10.2. The van der Waals surface area contributed by atoms with Crippen LogP contribution in [-0.2, 0) is 9.84 Å². The van der Waals surface area contributed by atoms with Gasteiger partial charge < -0.3 is 9.32 Å². The van der Waals surface area contributed by atoms with E-state index in [9.17, 15) is 8.42 Å². The topological polar surface area (TPSA) is 63.4 Å². The van der Waals surface area contributed by atoms with Crippen molar-refractivity contribution in [1.82, 2.24) is 4.98 Å². The van der Waals surface area contributed by atoms with Gasteiger partial charge in [-0.05, 0) is 31.4 Å². The van der Waals surface area contributed by atoms with Crippen molar-refractivity contribution in [2.45, 2.75) is 30.6 Å². The van der Waals surface area contributed by atoms with Crippen molar-refractivity contribution in [3.05, 3.63) is 24.3 Å². The van der Waals surface area contributed by atoms with Gasteiger partial charge in [-0.25, -0.2) is 8.42 Å². The SMILES string of the molecule is O=S1(=O)CCN(c2nc3ccccc3o2)[C@@H]2CCC[C@H]21. The molecule has 20 heavy (non-hydrogen) atoms. The third-order valence-corrected chi connectivity index (χ3v) is 6.65. The zero-order valence-electron chi connectivity index (χ0n) is 11.0. The Balaban J connectivity index is 1.75. The predicted octanol–water partition coefficient (Wildman–Crippen LogP) is 1.98. The number of nitrogens with zero attached hydrogens (tertiary/aromatic N) is 2. The van der Waals surface area contributed by atoms with E-state index in [1.54, 1.807) is 0 Å². The predicted molar refractivity (Wildman–Crippen MR) is 76.6 cm³/mol. The molecule has 1 aliphatic carbocycles. The molecule has 1 aliphatic heterocycles. The molecule has 2 fully saturated rings. The molecule has 1 aromatic heterocycles. The standard InChI is InChI=1S/C14H16N2O3S/c17-20(18)9-8-16(11-5-3-7-13(11)20)14-15-10-4-1-2-6-12(10)19-14/h1-2,4,6,11,13H,3,5,7-9H2/t11-,13-/m1/s1. The molecule has 4 rings (SSSR count). The summed E-state index contributed by atoms with van der Waals surface area (Å²) in [7, 11) is -2.94. The van der Waals surface area contributed by atoms with Crippen molar-refractivity contribution >= 4 is 27.0 Å². The Bertz CT molecular complexity index is 720. The van der Waals surface area contributed by atoms with Gasteiger partial charge in [0.05, 0.1) is 17.0 Å². The van der Waals surface area contributed by atoms with Crippen LogP contribution >= 0.6 is 0 Å². The monoisotopic (exact) mass is 292 g/mol. The van der Waals surface area contributed by atoms with E-state index in [2.05, 4.69) is 9.88 Å². The van der Waals surface area contributed by atoms with Crippen molar-refractivity contribution in [1.29, 1.82) is 0 Å². The first-order valence-electron chi connectivity index (χ1n) is 6.99. The molecule has 2 aliphatic rings. The smallest absolute Gasteiger partial charge is 0.298 e. The summed E-state index contributed by atoms with van der Waals surface area (Å²) in [5, 5.41) is -0.244. The van der Waals surface area contributed by atoms with Crippen LogP contribution in [0.3, 0.4) is 0 Å². The quantitative estimate of drug-likeness (QED) is 0.804. The molecule has 0 amide bonds. The Labute approximate surface area is 117 Å². The van der Waals surface area contributed by atoms with E-state index >= 15 is 0 Å². The molecule has 1 saturated heterocycles. The highest BCUT2D eigenvalue weighted by molar-refractivity contribution is 7.92. The van der Waals surface area contributed by atoms with Gasteiger partial charge in [0.25, 0.3) is 6.01 Å². The van der Waals surface area contributed by atoms with Crippen LogP contribution in [0.1, 0.15) is 19.3 Å². The summed E-state index contributed by atoms with van der Waals surface area (Å²) in [6.45, 7) is 0.482. The lowest BCUT2D eigenvalue weighted by Crippen LogP contribution is -2.52. The van der Waals surface area contributed by atoms with Gasteiger partial charge in [0.15, 0.2) is 15.4 Å². The molecule has 6 heteroatoms. The first-order chi connectivity index (χ1) is 9.65. The van der Waals surface area contributed by atoms with Crippen LogP contribution in [0.15, 0.2) is 28.7 Å². The van der Waals surface area contributed by atoms with Gasteiger partial charge in [0, 0.05) is 6.54 Å². The number of hydrogen-bond donors (Lipinski definition) is 0. The molecule has 1 aromatic carbocycles. The molecule has 0 spiro atoms. The molecule has 0 radical (unpaired) electrons. The maximum absolute atomic E-state index is 12.1. The number of aromatic nitrogens is 1. The summed E-state index contributed by atoms with van der Waals surface area (Å²) < 4.78 is 30.1. The van der Waals surface area contributed by atoms with Crippen LogP contribution in [0.4, 0.5) is 6.01 Å². The van der Waals surface area contributed by atoms with Crippen molar-refractivity contribution in [2.75, 3.05) is 17.2 Å². The number of benzene rings is 1. The highest BCUT2D eigenvalue weighted by Crippen LogP contribution is 2.36. The number of fused-ring (bicyclic) bond motifs is 2. The summed E-state index contributed by atoms with van der Waals surface area (Å²) in [6, 6.07) is 8.23. The molecule has 0 N–H and O–H groups in total. The lowest BCUT2D eigenvalue weighted by Gasteiger charge is -2.36. The minimum Gasteiger partial charge on any atom is -0.423 e. The van der Waals surface area contributed by atoms with Crippen molar-refractivity contribution in [3.63, 3.8) is 0 Å². The van der Waals surface area contributed by atoms with E-state index in [4.69, 9.17) is 4.42 Å². The second-order valence-electron chi connectivity index (χ2n) is 5.56. The summed E-state index contributed by atoms with van der Waals surface area (Å²) >= 11 is 0. The fraction of sp³-hybridized carbons (Fsp3) is 0.500. The molecule has 106 valence electrons. The largest absolute Gasteiger partial charge is 0.423 e. The van der Waals surface area contributed by atoms with Gasteiger partial charge in [-0.1, -0.05) is 12.1 Å². The summed E-state index contributed by atoms with van der Waals surface area (Å²) in [5.74, 6) is 0.201. The van der Waals surface area contributed by atoms with Gasteiger partial charge >= 0.3 is 0 Å². The second kappa shape index (κ2) is 4.22. The minimum atomic E-state index is -2.94. The van der Waals surface area contributed by atoms with Gasteiger partial charge in [-0.2, -0.15) is 4.98 Å². The Morgan fingerprint density at radius 2 is 2.10 bits per heavy atom. The van der Waals surface area contributed by atoms with Crippen LogP contribution in [0, 0.1) is 0 Å². The van der Waals surface area contributed by atoms with E-state index in [0.717, 1.165) is 30.4 Å². The van der Waals surface area contributed by atoms with E-state index in [0.29, 0.717) is 12.6 Å². The van der Waals surface area contributed by atoms with E-state index in [1.165, 1.54) is 0 Å². The first kappa shape index (κ1) is 12.2. The minimum absolute atomic E-state index is 0.0295. The van der Waals surface area contributed by atoms with Gasteiger partial charge in [0.1, 0.15) is 5.52 Å². The van der Waals surface area contributed by atoms with E-state index in [-0.39, 0.29) is 17.0 Å². The lowest BCUT2D eigenvalue weighted by molar-refractivity contribution is 0.491. The molecule has 5 nitrogen and oxygen atoms in total. The second-order valence-corrected chi connectivity index (χ2v) is 7.90. The number of rotatable bonds is 1. The maximum Gasteiger partial charge on any atom is 0.298 e. The zero-order valence-corrected chi connectivity index (χ0v) is 11.8. The third-order valence-electron chi connectivity index (χ3n) is 4.42. The summed E-state index contributed by atoms with van der Waals surface area (Å²) in [5.41, 5.74) is 1.58. The first-order valence-corrected chi connectivity index (χ1v) is 8.70. The van der Waals surface area contributed by atoms with Crippen LogP contribution in [0.2, 0.25) is 0 Å². The highest BCUT2D eigenvalue weighted by Gasteiger charge is 2.45. The number of hydrogen-bond acceptors (Lipinski definition) is 5. The third kappa shape index (κ3) is 1.74. The number of oxazole rings is 1. The van der Waals surface area contributed by atoms with Crippen LogP contribution in [0.5, 0.6) is 0 Å². The van der Waals surface area contributed by atoms with Crippen LogP contribution in [0.25, 0.3) is 11.1 Å². The number of anilines is 1. The van der Waals surface area contributed by atoms with Crippen molar-refractivity contribution in [2.24, 2.45) is 0 Å². The molecule has 0 unspecified atom stereocenters. The normalized spacial score (nSPS) is 28.7. The van der Waals surface area contributed by atoms with Gasteiger partial charge in [-0.15, -0.1) is 0 Å². The van der Waals surface area contributed by atoms with E-state index < -0.39 is 9.84 Å². The Kier molecular flexibility index (Phi) is 2.57. The number of para-hydroxylation sites is 2. The number of sulfone groups is 1. The van der Waals surface area contributed by atoms with Crippen LogP contribution in [-0.4, -0.2) is 37.0 Å². The van der Waals surface area contributed by atoms with Crippen molar-refractivity contribution in [3.8, 4) is 0 Å². The zero-order chi connectivity index (χ0) is 13.7. The summed E-state index contributed by atoms with van der Waals surface area (Å²) in [6.07, 6.45) is 2.64. The average molecular weight is 292 g/mol. The Morgan fingerprint density at radius 3 is 2.95 bits per heavy atom. The van der Waals surface area contributed by atoms with Gasteiger partial charge in [-0.3, -0.25) is 0 Å².